The van der Waals surface area contributed by atoms with E-state index in [0.29, 0.717) is 46.3 Å². The molecule has 19 heteroatoms. The second-order valence-corrected chi connectivity index (χ2v) is 21.6. The fourth-order valence-corrected chi connectivity index (χ4v) is 12.8. The largest absolute Gasteiger partial charge is 0.456 e. The highest BCUT2D eigenvalue weighted by Crippen LogP contribution is 2.44. The second-order valence-electron chi connectivity index (χ2n) is 15.8. The van der Waals surface area contributed by atoms with Crippen LogP contribution in [-0.4, -0.2) is 53.4 Å². The average molecular weight is 924 g/mol. The summed E-state index contributed by atoms with van der Waals surface area (Å²) in [4.78, 5) is 3.07. The number of aryl methyl sites for hydroxylation is 4. The lowest BCUT2D eigenvalue weighted by atomic mass is 9.93. The Morgan fingerprint density at radius 3 is 1.87 bits per heavy atom. The number of hydrogen-bond donors (Lipinski definition) is 5. The second kappa shape index (κ2) is 16.3. The van der Waals surface area contributed by atoms with Crippen molar-refractivity contribution in [2.75, 3.05) is 5.32 Å². The maximum atomic E-state index is 14.3. The maximum absolute atomic E-state index is 14.3. The summed E-state index contributed by atoms with van der Waals surface area (Å²) in [7, 11) is -18.6. The van der Waals surface area contributed by atoms with Crippen molar-refractivity contribution < 1.29 is 51.7 Å². The Labute approximate surface area is 360 Å². The van der Waals surface area contributed by atoms with E-state index in [1.807, 2.05) is 0 Å². The third-order valence-corrected chi connectivity index (χ3v) is 16.0. The highest BCUT2D eigenvalue weighted by molar-refractivity contribution is 7.89. The Morgan fingerprint density at radius 2 is 1.24 bits per heavy atom. The number of rotatable bonds is 10. The van der Waals surface area contributed by atoms with Crippen LogP contribution in [0.25, 0.3) is 33.4 Å². The van der Waals surface area contributed by atoms with Gasteiger partial charge in [-0.05, 0) is 112 Å². The highest BCUT2D eigenvalue weighted by Gasteiger charge is 2.30. The van der Waals surface area contributed by atoms with E-state index >= 15 is 0 Å². The number of nitrogens with one attached hydrogen (secondary N) is 2. The summed E-state index contributed by atoms with van der Waals surface area (Å²) in [5, 5.41) is 3.20. The molecule has 1 aliphatic heterocycles. The van der Waals surface area contributed by atoms with Crippen molar-refractivity contribution in [1.29, 1.82) is 0 Å². The van der Waals surface area contributed by atoms with Gasteiger partial charge >= 0.3 is 0 Å². The summed E-state index contributed by atoms with van der Waals surface area (Å²) < 4.78 is 145. The topological polar surface area (TPSA) is 247 Å². The monoisotopic (exact) mass is 923 g/mol. The van der Waals surface area contributed by atoms with Crippen LogP contribution < -0.4 is 15.4 Å². The van der Waals surface area contributed by atoms with Gasteiger partial charge in [-0.3, -0.25) is 13.7 Å². The van der Waals surface area contributed by atoms with Gasteiger partial charge in [-0.25, -0.2) is 18.1 Å². The lowest BCUT2D eigenvalue weighted by molar-refractivity contribution is 0.412. The van der Waals surface area contributed by atoms with Crippen molar-refractivity contribution >= 4 is 68.4 Å². The first-order chi connectivity index (χ1) is 28.9. The molecule has 1 saturated carbocycles. The Kier molecular flexibility index (Phi) is 11.8. The lowest BCUT2D eigenvalue weighted by Crippen LogP contribution is -2.36. The standard InChI is InChI=1S/C43H45N3O12S4/c1-23-18-25(3)42(61(52,53)54)27(5)40(23)44-30-16-17-31-35(20-30)58-36-22-34(45-41-24(2)19-26(4)43(28(41)6)62(55,56)57)38(60(49,50)51)21-33(36)39(31)32-14-10-11-15-37(32)59(47,48)46-29-12-8-7-9-13-29/h10-11,14-22,29,44,46H,7-9,12-13H2,1-6H3,(H,49,50,51)(H,52,53,54)(H,55,56,57)/b45-34+. The fraction of sp³-hybridized carbons (Fsp3) is 0.279. The molecule has 62 heavy (non-hydrogen) atoms. The summed E-state index contributed by atoms with van der Waals surface area (Å²) in [6.45, 7) is 9.38. The normalized spacial score (nSPS) is 14.8. The van der Waals surface area contributed by atoms with Gasteiger partial charge in [-0.15, -0.1) is 0 Å². The van der Waals surface area contributed by atoms with Gasteiger partial charge in [-0.1, -0.05) is 49.6 Å². The predicted molar refractivity (Wildman–Crippen MR) is 235 cm³/mol. The number of hydrogen-bond acceptors (Lipinski definition) is 11. The lowest BCUT2D eigenvalue weighted by Gasteiger charge is -2.24. The number of fused-ring (bicyclic) bond motifs is 2. The van der Waals surface area contributed by atoms with Crippen LogP contribution in [0.4, 0.5) is 17.1 Å². The van der Waals surface area contributed by atoms with E-state index in [2.05, 4.69) is 15.0 Å². The summed E-state index contributed by atoms with van der Waals surface area (Å²) in [5.41, 5.74) is 3.34. The molecular formula is C43H45N3O12S4. The van der Waals surface area contributed by atoms with Gasteiger partial charge in [0.05, 0.1) is 15.9 Å². The van der Waals surface area contributed by atoms with Crippen LogP contribution in [0.5, 0.6) is 0 Å². The van der Waals surface area contributed by atoms with Crippen LogP contribution in [0.2, 0.25) is 0 Å². The third-order valence-electron chi connectivity index (χ3n) is 11.2. The van der Waals surface area contributed by atoms with Gasteiger partial charge in [0.2, 0.25) is 10.0 Å². The molecule has 7 rings (SSSR count). The molecule has 5 N–H and O–H groups in total. The van der Waals surface area contributed by atoms with Crippen LogP contribution >= 0.6 is 0 Å². The van der Waals surface area contributed by atoms with Gasteiger partial charge in [0, 0.05) is 51.6 Å². The molecule has 1 fully saturated rings. The summed E-state index contributed by atoms with van der Waals surface area (Å²) >= 11 is 0. The molecule has 0 atom stereocenters. The maximum Gasteiger partial charge on any atom is 0.296 e. The molecule has 0 saturated heterocycles. The minimum atomic E-state index is -5.10. The zero-order chi connectivity index (χ0) is 45.3. The van der Waals surface area contributed by atoms with Crippen LogP contribution in [0.3, 0.4) is 0 Å². The third kappa shape index (κ3) is 8.67. The molecular weight excluding hydrogens is 879 g/mol. The van der Waals surface area contributed by atoms with Crippen molar-refractivity contribution in [2.45, 2.75) is 99.3 Å². The van der Waals surface area contributed by atoms with Crippen molar-refractivity contribution in [3.05, 3.63) is 105 Å². The Hall–Kier alpha value is -4.99. The molecule has 2 aliphatic carbocycles. The number of benzene rings is 5. The van der Waals surface area contributed by atoms with E-state index < -0.39 is 50.2 Å². The summed E-state index contributed by atoms with van der Waals surface area (Å²) in [6, 6.07) is 16.2. The first-order valence-electron chi connectivity index (χ1n) is 19.5. The smallest absolute Gasteiger partial charge is 0.296 e. The molecule has 0 amide bonds. The summed E-state index contributed by atoms with van der Waals surface area (Å²) in [5.74, 6) is -0.0166. The van der Waals surface area contributed by atoms with Crippen molar-refractivity contribution in [3.63, 3.8) is 0 Å². The molecule has 4 aromatic carbocycles. The van der Waals surface area contributed by atoms with Crippen molar-refractivity contribution in [1.82, 2.24) is 4.72 Å². The first kappa shape index (κ1) is 45.0. The molecule has 3 aliphatic rings. The molecule has 0 radical (unpaired) electrons. The molecule has 328 valence electrons. The van der Waals surface area contributed by atoms with Gasteiger partial charge < -0.3 is 9.73 Å². The molecule has 0 unspecified atom stereocenters. The Balaban J connectivity index is 1.56. The number of anilines is 2. The van der Waals surface area contributed by atoms with E-state index in [1.165, 1.54) is 32.0 Å². The van der Waals surface area contributed by atoms with Crippen LogP contribution in [0.15, 0.2) is 95.7 Å². The minimum absolute atomic E-state index is 0.00157. The van der Waals surface area contributed by atoms with E-state index in [0.717, 1.165) is 25.3 Å². The zero-order valence-corrected chi connectivity index (χ0v) is 37.8. The van der Waals surface area contributed by atoms with Crippen LogP contribution in [0.1, 0.15) is 65.5 Å². The molecule has 4 aromatic rings. The van der Waals surface area contributed by atoms with Crippen LogP contribution in [0, 0.1) is 41.5 Å². The van der Waals surface area contributed by atoms with Gasteiger partial charge in [0.15, 0.2) is 0 Å². The summed E-state index contributed by atoms with van der Waals surface area (Å²) in [6.07, 6.45) is 4.05. The van der Waals surface area contributed by atoms with Gasteiger partial charge in [0.25, 0.3) is 30.4 Å². The van der Waals surface area contributed by atoms with E-state index in [4.69, 9.17) is 4.42 Å². The van der Waals surface area contributed by atoms with Crippen LogP contribution in [-0.2, 0) is 40.4 Å². The Morgan fingerprint density at radius 1 is 0.629 bits per heavy atom. The van der Waals surface area contributed by atoms with E-state index in [9.17, 15) is 47.3 Å². The number of nitrogens with zero attached hydrogens (tertiary/aromatic N) is 1. The predicted octanol–water partition coefficient (Wildman–Crippen LogP) is 8.38. The van der Waals surface area contributed by atoms with Crippen molar-refractivity contribution in [3.8, 4) is 22.5 Å². The number of sulfonamides is 1. The molecule has 15 nitrogen and oxygen atoms in total. The fourth-order valence-electron chi connectivity index (χ4n) is 8.73. The molecule has 1 heterocycles. The minimum Gasteiger partial charge on any atom is -0.456 e. The van der Waals surface area contributed by atoms with E-state index in [-0.39, 0.29) is 71.6 Å². The first-order valence-corrected chi connectivity index (χ1v) is 25.3. The SMILES string of the molecule is Cc1cc(C)c(S(=O)(=O)O)c(C)c1/N=c1\cc2oc3cc(Nc4c(C)cc(C)c(S(=O)(=O)O)c4C)ccc3c(-c3ccccc3S(=O)(=O)NC3CCCCC3)c-2cc1S(=O)(=O)O. The molecule has 0 spiro atoms. The Bertz CT molecular complexity index is 3340. The van der Waals surface area contributed by atoms with Crippen molar-refractivity contribution in [2.24, 2.45) is 4.99 Å². The molecule has 0 bridgehead atoms. The van der Waals surface area contributed by atoms with Gasteiger partial charge in [0.1, 0.15) is 26.0 Å². The molecule has 0 aromatic heterocycles. The highest BCUT2D eigenvalue weighted by atomic mass is 32.2. The zero-order valence-electron chi connectivity index (χ0n) is 34.6. The quantitative estimate of drug-likeness (QED) is 0.0641. The average Bonchev–Trinajstić information content (AvgIpc) is 3.15. The van der Waals surface area contributed by atoms with E-state index in [1.54, 1.807) is 70.2 Å². The van der Waals surface area contributed by atoms with Gasteiger partial charge in [-0.2, -0.15) is 25.3 Å².